The van der Waals surface area contributed by atoms with Crippen molar-refractivity contribution in [2.45, 2.75) is 13.0 Å². The van der Waals surface area contributed by atoms with Crippen LogP contribution in [0, 0.1) is 6.92 Å². The van der Waals surface area contributed by atoms with E-state index in [2.05, 4.69) is 22.5 Å². The molecule has 0 saturated heterocycles. The van der Waals surface area contributed by atoms with E-state index in [1.54, 1.807) is 0 Å². The van der Waals surface area contributed by atoms with Crippen LogP contribution in [-0.2, 0) is 0 Å². The third-order valence-electron chi connectivity index (χ3n) is 4.56. The first-order valence-corrected chi connectivity index (χ1v) is 9.36. The second-order valence-corrected chi connectivity index (χ2v) is 6.85. The predicted molar refractivity (Wildman–Crippen MR) is 114 cm³/mol. The van der Waals surface area contributed by atoms with Crippen LogP contribution < -0.4 is 10.6 Å². The molecule has 4 aromatic rings. The monoisotopic (exact) mass is 373 g/mol. The molecule has 1 aromatic heterocycles. The molecule has 3 N–H and O–H groups in total. The molecule has 0 saturated carbocycles. The highest BCUT2D eigenvalue weighted by Gasteiger charge is 2.08. The standard InChI is InChI=1S/C23H23N3O2/c1-16-6-10-18(11-7-16)24-14-20(27)15-25-19-12-8-17(9-13-19)23-26-21-4-2-3-5-22(21)28-23/h2-13,20,24-25,27H,14-15H2,1H3. The normalized spacial score (nSPS) is 12.1. The average Bonchev–Trinajstić information content (AvgIpc) is 3.16. The summed E-state index contributed by atoms with van der Waals surface area (Å²) in [5.41, 5.74) is 5.71. The third kappa shape index (κ3) is 4.32. The van der Waals surface area contributed by atoms with Crippen molar-refractivity contribution in [1.82, 2.24) is 4.98 Å². The molecule has 4 rings (SSSR count). The van der Waals surface area contributed by atoms with Gasteiger partial charge in [0.05, 0.1) is 6.10 Å². The Bertz CT molecular complexity index is 1010. The molecule has 1 heterocycles. The van der Waals surface area contributed by atoms with Gasteiger partial charge in [-0.2, -0.15) is 0 Å². The van der Waals surface area contributed by atoms with Crippen LogP contribution in [0.3, 0.4) is 0 Å². The second-order valence-electron chi connectivity index (χ2n) is 6.85. The Morgan fingerprint density at radius 3 is 2.11 bits per heavy atom. The second kappa shape index (κ2) is 8.15. The van der Waals surface area contributed by atoms with Crippen LogP contribution in [0.1, 0.15) is 5.56 Å². The zero-order valence-electron chi connectivity index (χ0n) is 15.7. The largest absolute Gasteiger partial charge is 0.436 e. The topological polar surface area (TPSA) is 70.3 Å². The zero-order valence-corrected chi connectivity index (χ0v) is 15.7. The van der Waals surface area contributed by atoms with Crippen LogP contribution in [0.4, 0.5) is 11.4 Å². The molecule has 1 atom stereocenters. The number of hydrogen-bond donors (Lipinski definition) is 3. The van der Waals surface area contributed by atoms with Crippen LogP contribution in [0.15, 0.2) is 77.2 Å². The van der Waals surface area contributed by atoms with E-state index < -0.39 is 6.10 Å². The first-order valence-electron chi connectivity index (χ1n) is 9.36. The molecule has 1 unspecified atom stereocenters. The Morgan fingerprint density at radius 2 is 1.46 bits per heavy atom. The highest BCUT2D eigenvalue weighted by molar-refractivity contribution is 5.76. The average molecular weight is 373 g/mol. The molecule has 0 spiro atoms. The van der Waals surface area contributed by atoms with Crippen LogP contribution in [0.2, 0.25) is 0 Å². The van der Waals surface area contributed by atoms with Gasteiger partial charge in [0, 0.05) is 30.0 Å². The van der Waals surface area contributed by atoms with Crippen molar-refractivity contribution < 1.29 is 9.52 Å². The van der Waals surface area contributed by atoms with Gasteiger partial charge in [-0.05, 0) is 55.5 Å². The number of aromatic nitrogens is 1. The summed E-state index contributed by atoms with van der Waals surface area (Å²) in [5.74, 6) is 0.607. The van der Waals surface area contributed by atoms with Gasteiger partial charge in [-0.15, -0.1) is 0 Å². The van der Waals surface area contributed by atoms with Gasteiger partial charge in [0.2, 0.25) is 5.89 Å². The van der Waals surface area contributed by atoms with Gasteiger partial charge in [-0.1, -0.05) is 29.8 Å². The molecule has 0 fully saturated rings. The number of aliphatic hydroxyl groups is 1. The first-order chi connectivity index (χ1) is 13.7. The van der Waals surface area contributed by atoms with E-state index in [0.717, 1.165) is 28.0 Å². The van der Waals surface area contributed by atoms with Crippen molar-refractivity contribution in [3.8, 4) is 11.5 Å². The lowest BCUT2D eigenvalue weighted by atomic mass is 10.2. The lowest BCUT2D eigenvalue weighted by Crippen LogP contribution is -2.27. The molecular formula is C23H23N3O2. The Morgan fingerprint density at radius 1 is 0.857 bits per heavy atom. The number of aryl methyl sites for hydroxylation is 1. The fourth-order valence-electron chi connectivity index (χ4n) is 2.94. The highest BCUT2D eigenvalue weighted by atomic mass is 16.3. The van der Waals surface area contributed by atoms with Gasteiger partial charge >= 0.3 is 0 Å². The molecule has 142 valence electrons. The van der Waals surface area contributed by atoms with Crippen molar-refractivity contribution in [3.05, 3.63) is 78.4 Å². The number of benzene rings is 3. The number of anilines is 2. The molecule has 0 aliphatic rings. The number of hydrogen-bond acceptors (Lipinski definition) is 5. The van der Waals surface area contributed by atoms with E-state index in [4.69, 9.17) is 4.42 Å². The number of para-hydroxylation sites is 2. The zero-order chi connectivity index (χ0) is 19.3. The fraction of sp³-hybridized carbons (Fsp3) is 0.174. The van der Waals surface area contributed by atoms with E-state index in [9.17, 15) is 5.11 Å². The molecule has 5 heteroatoms. The Balaban J connectivity index is 1.31. The van der Waals surface area contributed by atoms with E-state index in [0.29, 0.717) is 19.0 Å². The van der Waals surface area contributed by atoms with Gasteiger partial charge < -0.3 is 20.2 Å². The summed E-state index contributed by atoms with van der Waals surface area (Å²) < 4.78 is 5.79. The third-order valence-corrected chi connectivity index (χ3v) is 4.56. The predicted octanol–water partition coefficient (Wildman–Crippen LogP) is 4.69. The summed E-state index contributed by atoms with van der Waals surface area (Å²) in [4.78, 5) is 4.51. The summed E-state index contributed by atoms with van der Waals surface area (Å²) in [6.45, 7) is 3.00. The summed E-state index contributed by atoms with van der Waals surface area (Å²) in [7, 11) is 0. The van der Waals surface area contributed by atoms with Gasteiger partial charge in [-0.25, -0.2) is 4.98 Å². The maximum Gasteiger partial charge on any atom is 0.227 e. The van der Waals surface area contributed by atoms with Crippen LogP contribution in [-0.4, -0.2) is 29.3 Å². The molecule has 3 aromatic carbocycles. The Kier molecular flexibility index (Phi) is 5.26. The van der Waals surface area contributed by atoms with Crippen molar-refractivity contribution in [2.75, 3.05) is 23.7 Å². The van der Waals surface area contributed by atoms with Crippen LogP contribution in [0.5, 0.6) is 0 Å². The van der Waals surface area contributed by atoms with E-state index in [1.807, 2.05) is 72.8 Å². The number of nitrogens with one attached hydrogen (secondary N) is 2. The molecule has 0 radical (unpaired) electrons. The minimum atomic E-state index is -0.502. The van der Waals surface area contributed by atoms with Gasteiger partial charge in [0.25, 0.3) is 0 Å². The maximum absolute atomic E-state index is 10.2. The van der Waals surface area contributed by atoms with E-state index >= 15 is 0 Å². The van der Waals surface area contributed by atoms with Crippen molar-refractivity contribution in [1.29, 1.82) is 0 Å². The molecule has 0 bridgehead atoms. The minimum absolute atomic E-state index is 0.459. The summed E-state index contributed by atoms with van der Waals surface area (Å²) >= 11 is 0. The molecule has 0 aliphatic carbocycles. The quantitative estimate of drug-likeness (QED) is 0.438. The molecular weight excluding hydrogens is 350 g/mol. The number of oxazole rings is 1. The Hall–Kier alpha value is -3.31. The smallest absolute Gasteiger partial charge is 0.227 e. The number of nitrogens with zero attached hydrogens (tertiary/aromatic N) is 1. The van der Waals surface area contributed by atoms with Crippen molar-refractivity contribution in [3.63, 3.8) is 0 Å². The van der Waals surface area contributed by atoms with Gasteiger partial charge in [0.15, 0.2) is 5.58 Å². The minimum Gasteiger partial charge on any atom is -0.436 e. The van der Waals surface area contributed by atoms with Gasteiger partial charge in [0.1, 0.15) is 5.52 Å². The lowest BCUT2D eigenvalue weighted by Gasteiger charge is -2.14. The lowest BCUT2D eigenvalue weighted by molar-refractivity contribution is 0.201. The fourth-order valence-corrected chi connectivity index (χ4v) is 2.94. The molecule has 28 heavy (non-hydrogen) atoms. The van der Waals surface area contributed by atoms with Crippen molar-refractivity contribution >= 4 is 22.5 Å². The van der Waals surface area contributed by atoms with E-state index in [1.165, 1.54) is 5.56 Å². The van der Waals surface area contributed by atoms with E-state index in [-0.39, 0.29) is 0 Å². The molecule has 0 amide bonds. The number of aliphatic hydroxyl groups excluding tert-OH is 1. The van der Waals surface area contributed by atoms with Gasteiger partial charge in [-0.3, -0.25) is 0 Å². The first kappa shape index (κ1) is 18.1. The van der Waals surface area contributed by atoms with Crippen molar-refractivity contribution in [2.24, 2.45) is 0 Å². The van der Waals surface area contributed by atoms with Crippen LogP contribution in [0.25, 0.3) is 22.6 Å². The SMILES string of the molecule is Cc1ccc(NCC(O)CNc2ccc(-c3nc4ccccc4o3)cc2)cc1. The maximum atomic E-state index is 10.2. The highest BCUT2D eigenvalue weighted by Crippen LogP contribution is 2.25. The molecule has 5 nitrogen and oxygen atoms in total. The summed E-state index contributed by atoms with van der Waals surface area (Å²) in [6.07, 6.45) is -0.502. The number of rotatable bonds is 7. The molecule has 0 aliphatic heterocycles. The summed E-state index contributed by atoms with van der Waals surface area (Å²) in [5, 5.41) is 16.7. The number of fused-ring (bicyclic) bond motifs is 1. The van der Waals surface area contributed by atoms with Crippen LogP contribution >= 0.6 is 0 Å². The summed E-state index contributed by atoms with van der Waals surface area (Å²) in [6, 6.07) is 23.7. The Labute approximate surface area is 164 Å².